The average molecular weight is 321 g/mol. The van der Waals surface area contributed by atoms with Gasteiger partial charge in [-0.25, -0.2) is 9.97 Å². The number of benzene rings is 1. The maximum Gasteiger partial charge on any atom is 0.137 e. The van der Waals surface area contributed by atoms with Crippen molar-refractivity contribution in [1.82, 2.24) is 9.97 Å². The van der Waals surface area contributed by atoms with E-state index < -0.39 is 0 Å². The van der Waals surface area contributed by atoms with Crippen molar-refractivity contribution in [3.63, 3.8) is 0 Å². The van der Waals surface area contributed by atoms with Gasteiger partial charge in [-0.3, -0.25) is 0 Å². The number of nitriles is 1. The van der Waals surface area contributed by atoms with Gasteiger partial charge in [0.25, 0.3) is 0 Å². The summed E-state index contributed by atoms with van der Waals surface area (Å²) in [6.07, 6.45) is 0. The number of anilines is 2. The van der Waals surface area contributed by atoms with Gasteiger partial charge in [0.15, 0.2) is 0 Å². The highest BCUT2D eigenvalue weighted by Gasteiger charge is 2.19. The third-order valence-corrected chi connectivity index (χ3v) is 3.25. The van der Waals surface area contributed by atoms with Gasteiger partial charge < -0.3 is 5.32 Å². The number of hydrogen-bond donors (Lipinski definition) is 1. The highest BCUT2D eigenvalue weighted by molar-refractivity contribution is 6.33. The molecule has 1 aromatic heterocycles. The van der Waals surface area contributed by atoms with Gasteiger partial charge in [0.05, 0.1) is 22.3 Å². The SMILES string of the molecule is CC(C)(C)c1nc(Cl)cc(Nc2cc(C#N)ccc2Cl)n1. The molecule has 0 saturated carbocycles. The van der Waals surface area contributed by atoms with Crippen LogP contribution in [0.5, 0.6) is 0 Å². The van der Waals surface area contributed by atoms with Crippen LogP contribution in [-0.4, -0.2) is 9.97 Å². The summed E-state index contributed by atoms with van der Waals surface area (Å²) in [5.74, 6) is 1.17. The Hall–Kier alpha value is -1.83. The second-order valence-electron chi connectivity index (χ2n) is 5.58. The Balaban J connectivity index is 2.41. The molecule has 1 heterocycles. The van der Waals surface area contributed by atoms with E-state index in [1.165, 1.54) is 0 Å². The van der Waals surface area contributed by atoms with Crippen LogP contribution in [0.2, 0.25) is 10.2 Å². The summed E-state index contributed by atoms with van der Waals surface area (Å²) in [6.45, 7) is 6.02. The molecule has 0 aliphatic rings. The fourth-order valence-electron chi connectivity index (χ4n) is 1.65. The lowest BCUT2D eigenvalue weighted by molar-refractivity contribution is 0.546. The third kappa shape index (κ3) is 3.84. The van der Waals surface area contributed by atoms with Crippen LogP contribution in [0, 0.1) is 11.3 Å². The highest BCUT2D eigenvalue weighted by atomic mass is 35.5. The van der Waals surface area contributed by atoms with E-state index in [0.29, 0.717) is 33.1 Å². The van der Waals surface area contributed by atoms with Crippen LogP contribution in [0.25, 0.3) is 0 Å². The van der Waals surface area contributed by atoms with Crippen molar-refractivity contribution in [2.45, 2.75) is 26.2 Å². The number of halogens is 2. The van der Waals surface area contributed by atoms with Crippen molar-refractivity contribution in [2.24, 2.45) is 0 Å². The van der Waals surface area contributed by atoms with Crippen molar-refractivity contribution in [3.8, 4) is 6.07 Å². The first-order chi connectivity index (χ1) is 9.79. The Morgan fingerprint density at radius 3 is 2.48 bits per heavy atom. The van der Waals surface area contributed by atoms with Crippen molar-refractivity contribution >= 4 is 34.7 Å². The molecule has 1 aromatic carbocycles. The Morgan fingerprint density at radius 1 is 1.14 bits per heavy atom. The van der Waals surface area contributed by atoms with Crippen LogP contribution in [0.15, 0.2) is 24.3 Å². The van der Waals surface area contributed by atoms with Crippen LogP contribution in [-0.2, 0) is 5.41 Å². The second kappa shape index (κ2) is 5.88. The minimum absolute atomic E-state index is 0.223. The Morgan fingerprint density at radius 2 is 1.86 bits per heavy atom. The molecule has 0 aliphatic carbocycles. The van der Waals surface area contributed by atoms with E-state index in [1.54, 1.807) is 24.3 Å². The topological polar surface area (TPSA) is 61.6 Å². The smallest absolute Gasteiger partial charge is 0.137 e. The maximum atomic E-state index is 8.95. The van der Waals surface area contributed by atoms with Crippen molar-refractivity contribution in [2.75, 3.05) is 5.32 Å². The third-order valence-electron chi connectivity index (χ3n) is 2.72. The second-order valence-corrected chi connectivity index (χ2v) is 6.38. The van der Waals surface area contributed by atoms with Crippen LogP contribution in [0.3, 0.4) is 0 Å². The first-order valence-corrected chi connectivity index (χ1v) is 7.07. The molecule has 2 rings (SSSR count). The zero-order valence-corrected chi connectivity index (χ0v) is 13.4. The number of rotatable bonds is 2. The van der Waals surface area contributed by atoms with Gasteiger partial charge in [-0.15, -0.1) is 0 Å². The zero-order chi connectivity index (χ0) is 15.6. The molecule has 21 heavy (non-hydrogen) atoms. The first-order valence-electron chi connectivity index (χ1n) is 6.31. The summed E-state index contributed by atoms with van der Waals surface area (Å²) in [5.41, 5.74) is 0.892. The molecule has 2 aromatic rings. The van der Waals surface area contributed by atoms with Gasteiger partial charge >= 0.3 is 0 Å². The normalized spacial score (nSPS) is 11.0. The molecule has 4 nitrogen and oxygen atoms in total. The molecule has 0 aliphatic heterocycles. The van der Waals surface area contributed by atoms with Crippen molar-refractivity contribution in [1.29, 1.82) is 5.26 Å². The fraction of sp³-hybridized carbons (Fsp3) is 0.267. The van der Waals surface area contributed by atoms with Gasteiger partial charge in [-0.2, -0.15) is 5.26 Å². The fourth-order valence-corrected chi connectivity index (χ4v) is 1.99. The molecule has 1 N–H and O–H groups in total. The quantitative estimate of drug-likeness (QED) is 0.815. The maximum absolute atomic E-state index is 8.95. The van der Waals surface area contributed by atoms with Gasteiger partial charge in [0.1, 0.15) is 16.8 Å². The lowest BCUT2D eigenvalue weighted by atomic mass is 9.96. The van der Waals surface area contributed by atoms with Gasteiger partial charge in [-0.05, 0) is 18.2 Å². The number of hydrogen-bond acceptors (Lipinski definition) is 4. The number of aromatic nitrogens is 2. The molecular formula is C15H14Cl2N4. The summed E-state index contributed by atoms with van der Waals surface area (Å²) in [4.78, 5) is 8.68. The molecule has 0 atom stereocenters. The average Bonchev–Trinajstić information content (AvgIpc) is 2.39. The Labute approximate surface area is 133 Å². The molecule has 0 radical (unpaired) electrons. The van der Waals surface area contributed by atoms with Gasteiger partial charge in [0.2, 0.25) is 0 Å². The minimum atomic E-state index is -0.223. The van der Waals surface area contributed by atoms with Crippen LogP contribution in [0.4, 0.5) is 11.5 Å². The van der Waals surface area contributed by atoms with E-state index in [0.717, 1.165) is 0 Å². The number of nitrogens with zero attached hydrogens (tertiary/aromatic N) is 3. The largest absolute Gasteiger partial charge is 0.339 e. The summed E-state index contributed by atoms with van der Waals surface area (Å²) in [7, 11) is 0. The van der Waals surface area contributed by atoms with Crippen LogP contribution >= 0.6 is 23.2 Å². The standard InChI is InChI=1S/C15H14Cl2N4/c1-15(2,3)14-20-12(17)7-13(21-14)19-11-6-9(8-18)4-5-10(11)16/h4-7H,1-3H3,(H,19,20,21). The molecule has 0 bridgehead atoms. The van der Waals surface area contributed by atoms with Crippen molar-refractivity contribution < 1.29 is 0 Å². The summed E-state index contributed by atoms with van der Waals surface area (Å²) < 4.78 is 0. The predicted molar refractivity (Wildman–Crippen MR) is 85.2 cm³/mol. The van der Waals surface area contributed by atoms with Gasteiger partial charge in [0, 0.05) is 11.5 Å². The Kier molecular flexibility index (Phi) is 4.36. The molecule has 0 amide bonds. The van der Waals surface area contributed by atoms with E-state index in [-0.39, 0.29) is 5.41 Å². The summed E-state index contributed by atoms with van der Waals surface area (Å²) in [5, 5.41) is 12.9. The monoisotopic (exact) mass is 320 g/mol. The van der Waals surface area contributed by atoms with E-state index in [4.69, 9.17) is 28.5 Å². The molecule has 0 saturated heterocycles. The number of nitrogens with one attached hydrogen (secondary N) is 1. The lowest BCUT2D eigenvalue weighted by Crippen LogP contribution is -2.16. The van der Waals surface area contributed by atoms with E-state index in [2.05, 4.69) is 21.4 Å². The van der Waals surface area contributed by atoms with Crippen molar-refractivity contribution in [3.05, 3.63) is 45.8 Å². The molecular weight excluding hydrogens is 307 g/mol. The van der Waals surface area contributed by atoms with Crippen LogP contribution < -0.4 is 5.32 Å². The zero-order valence-electron chi connectivity index (χ0n) is 11.9. The molecule has 0 fully saturated rings. The summed E-state index contributed by atoms with van der Waals surface area (Å²) in [6, 6.07) is 8.67. The molecule has 0 spiro atoms. The molecule has 108 valence electrons. The van der Waals surface area contributed by atoms with E-state index in [1.807, 2.05) is 20.8 Å². The molecule has 6 heteroatoms. The van der Waals surface area contributed by atoms with Gasteiger partial charge in [-0.1, -0.05) is 44.0 Å². The molecule has 0 unspecified atom stereocenters. The first kappa shape index (κ1) is 15.6. The van der Waals surface area contributed by atoms with Crippen LogP contribution in [0.1, 0.15) is 32.2 Å². The highest BCUT2D eigenvalue weighted by Crippen LogP contribution is 2.28. The van der Waals surface area contributed by atoms with E-state index in [9.17, 15) is 0 Å². The Bertz CT molecular complexity index is 715. The lowest BCUT2D eigenvalue weighted by Gasteiger charge is -2.18. The minimum Gasteiger partial charge on any atom is -0.339 e. The van der Waals surface area contributed by atoms with E-state index >= 15 is 0 Å². The summed E-state index contributed by atoms with van der Waals surface area (Å²) >= 11 is 12.2. The predicted octanol–water partition coefficient (Wildman–Crippen LogP) is 4.70.